The van der Waals surface area contributed by atoms with Gasteiger partial charge in [-0.05, 0) is 6.92 Å². The molecular weight excluding hydrogens is 338 g/mol. The molecule has 2 aliphatic rings. The number of allylic oxidation sites excluding steroid dienone is 2. The number of alkyl halides is 1. The van der Waals surface area contributed by atoms with E-state index in [4.69, 9.17) is 16.3 Å². The van der Waals surface area contributed by atoms with Gasteiger partial charge < -0.3 is 14.6 Å². The van der Waals surface area contributed by atoms with Crippen molar-refractivity contribution >= 4 is 35.0 Å². The number of carbonyl (C=O) groups excluding carboxylic acids is 4. The summed E-state index contributed by atoms with van der Waals surface area (Å²) in [5.41, 5.74) is 0.236. The number of aromatic nitrogens is 2. The number of hydrogen-bond donors (Lipinski definition) is 1. The standard InChI is InChI=1S/C15H14ClN3O5/c1-6-10(17-7(2)20)14(23)11-12(13(6)22)19-4-3-8(15(19)18-11)24-9(21)5-16/h8H,3-5H2,1-2H3,(H,17,20)/t8-/m0/s1. The molecule has 0 radical (unpaired) electrons. The smallest absolute Gasteiger partial charge is 0.321 e. The van der Waals surface area contributed by atoms with E-state index in [1.807, 2.05) is 0 Å². The molecule has 1 aliphatic heterocycles. The molecule has 9 heteroatoms. The zero-order valence-corrected chi connectivity index (χ0v) is 13.8. The first-order valence-electron chi connectivity index (χ1n) is 7.28. The Hall–Kier alpha value is -2.48. The van der Waals surface area contributed by atoms with E-state index < -0.39 is 23.8 Å². The van der Waals surface area contributed by atoms with Gasteiger partial charge in [-0.15, -0.1) is 11.6 Å². The highest BCUT2D eigenvalue weighted by Crippen LogP contribution is 2.35. The molecule has 1 amide bonds. The van der Waals surface area contributed by atoms with Crippen molar-refractivity contribution in [3.63, 3.8) is 0 Å². The maximum atomic E-state index is 12.6. The summed E-state index contributed by atoms with van der Waals surface area (Å²) in [6.07, 6.45) is -0.187. The zero-order valence-electron chi connectivity index (χ0n) is 13.0. The van der Waals surface area contributed by atoms with Crippen molar-refractivity contribution in [3.8, 4) is 0 Å². The van der Waals surface area contributed by atoms with Gasteiger partial charge in [0.15, 0.2) is 11.9 Å². The third kappa shape index (κ3) is 2.43. The van der Waals surface area contributed by atoms with Crippen LogP contribution in [0.4, 0.5) is 0 Å². The minimum atomic E-state index is -0.646. The van der Waals surface area contributed by atoms with Gasteiger partial charge in [-0.3, -0.25) is 19.2 Å². The van der Waals surface area contributed by atoms with Gasteiger partial charge in [0.05, 0.1) is 5.70 Å². The van der Waals surface area contributed by atoms with Crippen molar-refractivity contribution in [2.24, 2.45) is 0 Å². The average molecular weight is 352 g/mol. The topological polar surface area (TPSA) is 107 Å². The molecule has 1 N–H and O–H groups in total. The predicted octanol–water partition coefficient (Wildman–Crippen LogP) is 0.899. The molecule has 24 heavy (non-hydrogen) atoms. The van der Waals surface area contributed by atoms with Crippen molar-refractivity contribution in [2.45, 2.75) is 32.9 Å². The molecule has 0 aromatic carbocycles. The highest BCUT2D eigenvalue weighted by Gasteiger charge is 2.40. The van der Waals surface area contributed by atoms with E-state index in [1.54, 1.807) is 4.57 Å². The summed E-state index contributed by atoms with van der Waals surface area (Å²) >= 11 is 5.43. The number of nitrogens with zero attached hydrogens (tertiary/aromatic N) is 2. The molecule has 0 bridgehead atoms. The number of ketones is 2. The van der Waals surface area contributed by atoms with Crippen LogP contribution in [0.5, 0.6) is 0 Å². The van der Waals surface area contributed by atoms with E-state index in [0.717, 1.165) is 0 Å². The molecule has 1 aliphatic carbocycles. The quantitative estimate of drug-likeness (QED) is 0.640. The summed E-state index contributed by atoms with van der Waals surface area (Å²) in [6, 6.07) is 0. The Morgan fingerprint density at radius 2 is 2.08 bits per heavy atom. The van der Waals surface area contributed by atoms with Gasteiger partial charge in [0.1, 0.15) is 17.3 Å². The highest BCUT2D eigenvalue weighted by atomic mass is 35.5. The number of Topliss-reactive ketones (excluding diaryl/α,β-unsaturated/α-hetero) is 2. The Kier molecular flexibility index (Phi) is 4.00. The number of halogens is 1. The minimum absolute atomic E-state index is 0.0315. The number of nitrogens with one attached hydrogen (secondary N) is 1. The van der Waals surface area contributed by atoms with E-state index in [2.05, 4.69) is 10.3 Å². The molecule has 2 heterocycles. The lowest BCUT2D eigenvalue weighted by atomic mass is 9.95. The Labute approximate surface area is 141 Å². The monoisotopic (exact) mass is 351 g/mol. The van der Waals surface area contributed by atoms with Crippen LogP contribution < -0.4 is 5.32 Å². The van der Waals surface area contributed by atoms with Crippen LogP contribution in [-0.2, 0) is 20.9 Å². The van der Waals surface area contributed by atoms with Crippen molar-refractivity contribution in [1.82, 2.24) is 14.9 Å². The van der Waals surface area contributed by atoms with Gasteiger partial charge in [0.2, 0.25) is 17.5 Å². The number of ether oxygens (including phenoxy) is 1. The lowest BCUT2D eigenvalue weighted by Crippen LogP contribution is -2.33. The van der Waals surface area contributed by atoms with Crippen molar-refractivity contribution < 1.29 is 23.9 Å². The van der Waals surface area contributed by atoms with Gasteiger partial charge in [-0.1, -0.05) is 0 Å². The molecule has 8 nitrogen and oxygen atoms in total. The fourth-order valence-corrected chi connectivity index (χ4v) is 2.98. The molecule has 0 fully saturated rings. The van der Waals surface area contributed by atoms with Crippen LogP contribution in [0.15, 0.2) is 11.3 Å². The second-order valence-corrected chi connectivity index (χ2v) is 5.83. The van der Waals surface area contributed by atoms with Crippen LogP contribution in [0.25, 0.3) is 0 Å². The number of amides is 1. The third-order valence-corrected chi connectivity index (χ3v) is 4.17. The van der Waals surface area contributed by atoms with E-state index in [0.29, 0.717) is 18.8 Å². The van der Waals surface area contributed by atoms with Crippen molar-refractivity contribution in [3.05, 3.63) is 28.5 Å². The number of fused-ring (bicyclic) bond motifs is 3. The largest absolute Gasteiger partial charge is 0.453 e. The van der Waals surface area contributed by atoms with Crippen LogP contribution in [0.3, 0.4) is 0 Å². The molecule has 0 unspecified atom stereocenters. The molecular formula is C15H14ClN3O5. The van der Waals surface area contributed by atoms with Crippen LogP contribution in [-0.4, -0.2) is 38.9 Å². The highest BCUT2D eigenvalue weighted by molar-refractivity contribution is 6.26. The maximum absolute atomic E-state index is 12.6. The van der Waals surface area contributed by atoms with Crippen molar-refractivity contribution in [1.29, 1.82) is 0 Å². The lowest BCUT2D eigenvalue weighted by Gasteiger charge is -2.16. The number of esters is 1. The van der Waals surface area contributed by atoms with Gasteiger partial charge in [-0.2, -0.15) is 0 Å². The van der Waals surface area contributed by atoms with Crippen LogP contribution >= 0.6 is 11.6 Å². The molecule has 0 saturated carbocycles. The fraction of sp³-hybridized carbons (Fsp3) is 0.400. The summed E-state index contributed by atoms with van der Waals surface area (Å²) < 4.78 is 6.79. The van der Waals surface area contributed by atoms with Gasteiger partial charge in [0.25, 0.3) is 0 Å². The fourth-order valence-electron chi connectivity index (χ4n) is 2.91. The molecule has 1 aromatic heterocycles. The lowest BCUT2D eigenvalue weighted by molar-refractivity contribution is -0.146. The normalized spacial score (nSPS) is 19.2. The van der Waals surface area contributed by atoms with E-state index in [-0.39, 0.29) is 34.3 Å². The molecule has 1 aromatic rings. The summed E-state index contributed by atoms with van der Waals surface area (Å²) in [5, 5.41) is 2.39. The maximum Gasteiger partial charge on any atom is 0.321 e. The average Bonchev–Trinajstić information content (AvgIpc) is 3.09. The first kappa shape index (κ1) is 16.4. The van der Waals surface area contributed by atoms with Crippen LogP contribution in [0.1, 0.15) is 53.2 Å². The summed E-state index contributed by atoms with van der Waals surface area (Å²) in [7, 11) is 0. The Bertz CT molecular complexity index is 823. The van der Waals surface area contributed by atoms with E-state index in [1.165, 1.54) is 13.8 Å². The van der Waals surface area contributed by atoms with E-state index >= 15 is 0 Å². The molecule has 3 rings (SSSR count). The predicted molar refractivity (Wildman–Crippen MR) is 81.6 cm³/mol. The number of imidazole rings is 1. The number of hydrogen-bond acceptors (Lipinski definition) is 6. The van der Waals surface area contributed by atoms with Gasteiger partial charge >= 0.3 is 5.97 Å². The zero-order chi connectivity index (χ0) is 17.6. The SMILES string of the molecule is CC(=O)NC1=C(C)C(=O)c2c(nc3n2CC[C@@H]3OC(=O)CCl)C1=O. The molecule has 0 saturated heterocycles. The van der Waals surface area contributed by atoms with Gasteiger partial charge in [-0.25, -0.2) is 4.98 Å². The first-order valence-corrected chi connectivity index (χ1v) is 7.82. The third-order valence-electron chi connectivity index (χ3n) is 3.96. The Morgan fingerprint density at radius 1 is 1.38 bits per heavy atom. The Morgan fingerprint density at radius 3 is 2.71 bits per heavy atom. The number of carbonyl (C=O) groups is 4. The van der Waals surface area contributed by atoms with Crippen LogP contribution in [0.2, 0.25) is 0 Å². The van der Waals surface area contributed by atoms with Crippen molar-refractivity contribution in [2.75, 3.05) is 5.88 Å². The number of rotatable bonds is 3. The van der Waals surface area contributed by atoms with Crippen LogP contribution in [0, 0.1) is 0 Å². The second-order valence-electron chi connectivity index (χ2n) is 5.56. The Balaban J connectivity index is 2.02. The molecule has 126 valence electrons. The van der Waals surface area contributed by atoms with Gasteiger partial charge in [0, 0.05) is 25.5 Å². The molecule has 0 spiro atoms. The van der Waals surface area contributed by atoms with E-state index in [9.17, 15) is 19.2 Å². The summed E-state index contributed by atoms with van der Waals surface area (Å²) in [6.45, 7) is 3.14. The minimum Gasteiger partial charge on any atom is -0.453 e. The second kappa shape index (κ2) is 5.86. The first-order chi connectivity index (χ1) is 11.3. The summed E-state index contributed by atoms with van der Waals surface area (Å²) in [5.74, 6) is -1.89. The summed E-state index contributed by atoms with van der Waals surface area (Å²) in [4.78, 5) is 52.0. The molecule has 1 atom stereocenters.